The first-order valence-corrected chi connectivity index (χ1v) is 14.4. The second kappa shape index (κ2) is 13.8. The molecule has 9 nitrogen and oxygen atoms in total. The number of nitrogens with zero attached hydrogens (tertiary/aromatic N) is 3. The first kappa shape index (κ1) is 31.7. The van der Waals surface area contributed by atoms with Gasteiger partial charge in [0.15, 0.2) is 0 Å². The summed E-state index contributed by atoms with van der Waals surface area (Å²) in [7, 11) is 1.57. The van der Waals surface area contributed by atoms with Crippen LogP contribution in [0.2, 0.25) is 0 Å². The normalized spacial score (nSPS) is 14.8. The van der Waals surface area contributed by atoms with Crippen LogP contribution in [0.4, 0.5) is 18.9 Å². The SMILES string of the molecule is CC(C)Oc1nn(-c2ccc(OC(F)(F)F)cc2)cc1C(Nc1ccc(C(=O)N(C)CCC(=O)O)cc1)C1CCCCC1. The number of aliphatic carboxylic acids is 1. The molecule has 232 valence electrons. The van der Waals surface area contributed by atoms with Crippen molar-refractivity contribution in [1.29, 1.82) is 0 Å². The maximum atomic E-state index is 12.8. The number of rotatable bonds is 12. The van der Waals surface area contributed by atoms with Gasteiger partial charge >= 0.3 is 12.3 Å². The molecule has 0 aliphatic heterocycles. The Morgan fingerprint density at radius 1 is 1.07 bits per heavy atom. The zero-order chi connectivity index (χ0) is 31.1. The van der Waals surface area contributed by atoms with Crippen LogP contribution in [-0.2, 0) is 4.79 Å². The summed E-state index contributed by atoms with van der Waals surface area (Å²) in [4.78, 5) is 25.0. The van der Waals surface area contributed by atoms with Gasteiger partial charge in [0.25, 0.3) is 5.91 Å². The predicted molar refractivity (Wildman–Crippen MR) is 155 cm³/mol. The summed E-state index contributed by atoms with van der Waals surface area (Å²) in [6.07, 6.45) is 2.11. The van der Waals surface area contributed by atoms with E-state index in [9.17, 15) is 22.8 Å². The molecule has 1 unspecified atom stereocenters. The number of amides is 1. The Labute approximate surface area is 248 Å². The van der Waals surface area contributed by atoms with Crippen LogP contribution in [0.3, 0.4) is 0 Å². The van der Waals surface area contributed by atoms with E-state index in [0.717, 1.165) is 43.4 Å². The molecule has 12 heteroatoms. The third-order valence-electron chi connectivity index (χ3n) is 7.31. The molecule has 2 aromatic carbocycles. The van der Waals surface area contributed by atoms with E-state index in [1.165, 1.54) is 29.2 Å². The van der Waals surface area contributed by atoms with Gasteiger partial charge in [0.1, 0.15) is 5.75 Å². The van der Waals surface area contributed by atoms with Gasteiger partial charge in [-0.2, -0.15) is 0 Å². The van der Waals surface area contributed by atoms with Crippen molar-refractivity contribution >= 4 is 17.6 Å². The van der Waals surface area contributed by atoms with Gasteiger partial charge in [0, 0.05) is 31.0 Å². The third kappa shape index (κ3) is 8.89. The van der Waals surface area contributed by atoms with Gasteiger partial charge in [0.05, 0.1) is 29.8 Å². The number of aromatic nitrogens is 2. The first-order chi connectivity index (χ1) is 20.4. The van der Waals surface area contributed by atoms with Gasteiger partial charge in [-0.05, 0) is 81.1 Å². The Bertz CT molecular complexity index is 1370. The van der Waals surface area contributed by atoms with Crippen molar-refractivity contribution in [1.82, 2.24) is 14.7 Å². The van der Waals surface area contributed by atoms with Gasteiger partial charge < -0.3 is 24.8 Å². The Morgan fingerprint density at radius 3 is 2.30 bits per heavy atom. The molecule has 0 saturated heterocycles. The molecule has 1 aliphatic rings. The summed E-state index contributed by atoms with van der Waals surface area (Å²) in [5.74, 6) is -0.853. The van der Waals surface area contributed by atoms with Crippen molar-refractivity contribution in [3.8, 4) is 17.3 Å². The average Bonchev–Trinajstić information content (AvgIpc) is 3.37. The smallest absolute Gasteiger partial charge is 0.481 e. The first-order valence-electron chi connectivity index (χ1n) is 14.4. The average molecular weight is 603 g/mol. The van der Waals surface area contributed by atoms with Crippen LogP contribution >= 0.6 is 0 Å². The molecule has 0 spiro atoms. The number of carboxylic acids is 1. The van der Waals surface area contributed by atoms with Gasteiger partial charge in [0.2, 0.25) is 5.88 Å². The summed E-state index contributed by atoms with van der Waals surface area (Å²) in [5, 5.41) is 17.2. The molecule has 1 saturated carbocycles. The number of benzene rings is 2. The maximum absolute atomic E-state index is 12.8. The number of ether oxygens (including phenoxy) is 2. The molecular weight excluding hydrogens is 565 g/mol. The molecule has 0 bridgehead atoms. The topological polar surface area (TPSA) is 106 Å². The van der Waals surface area contributed by atoms with Crippen LogP contribution < -0.4 is 14.8 Å². The Kier molecular flexibility index (Phi) is 10.2. The number of nitrogens with one attached hydrogen (secondary N) is 1. The minimum Gasteiger partial charge on any atom is -0.481 e. The van der Waals surface area contributed by atoms with E-state index in [2.05, 4.69) is 15.2 Å². The molecule has 1 aliphatic carbocycles. The van der Waals surface area contributed by atoms with Crippen molar-refractivity contribution in [2.75, 3.05) is 18.9 Å². The molecule has 4 rings (SSSR count). The van der Waals surface area contributed by atoms with Gasteiger partial charge in [-0.1, -0.05) is 19.3 Å². The fourth-order valence-electron chi connectivity index (χ4n) is 5.22. The highest BCUT2D eigenvalue weighted by atomic mass is 19.4. The number of halogens is 3. The van der Waals surface area contributed by atoms with Crippen LogP contribution in [0.15, 0.2) is 54.7 Å². The number of carbonyl (C=O) groups excluding carboxylic acids is 1. The number of carboxylic acid groups (broad SMARTS) is 1. The second-order valence-corrected chi connectivity index (χ2v) is 11.0. The lowest BCUT2D eigenvalue weighted by molar-refractivity contribution is -0.274. The predicted octanol–water partition coefficient (Wildman–Crippen LogP) is 6.84. The fourth-order valence-corrected chi connectivity index (χ4v) is 5.22. The van der Waals surface area contributed by atoms with Crippen molar-refractivity contribution < 1.29 is 37.3 Å². The van der Waals surface area contributed by atoms with Crippen LogP contribution in [0.1, 0.15) is 74.3 Å². The van der Waals surface area contributed by atoms with E-state index in [0.29, 0.717) is 17.1 Å². The summed E-state index contributed by atoms with van der Waals surface area (Å²) in [6, 6.07) is 12.4. The molecule has 43 heavy (non-hydrogen) atoms. The molecular formula is C31H37F3N4O5. The molecule has 3 aromatic rings. The summed E-state index contributed by atoms with van der Waals surface area (Å²) >= 11 is 0. The van der Waals surface area contributed by atoms with E-state index in [1.807, 2.05) is 32.2 Å². The van der Waals surface area contributed by atoms with E-state index in [4.69, 9.17) is 9.84 Å². The van der Waals surface area contributed by atoms with Crippen molar-refractivity contribution in [3.63, 3.8) is 0 Å². The number of alkyl halides is 3. The van der Waals surface area contributed by atoms with Gasteiger partial charge in [-0.15, -0.1) is 18.3 Å². The van der Waals surface area contributed by atoms with Gasteiger partial charge in [-0.3, -0.25) is 9.59 Å². The zero-order valence-corrected chi connectivity index (χ0v) is 24.4. The highest BCUT2D eigenvalue weighted by Gasteiger charge is 2.32. The van der Waals surface area contributed by atoms with E-state index >= 15 is 0 Å². The molecule has 1 aromatic heterocycles. The lowest BCUT2D eigenvalue weighted by Gasteiger charge is -2.32. The minimum absolute atomic E-state index is 0.110. The fraction of sp³-hybridized carbons (Fsp3) is 0.452. The van der Waals surface area contributed by atoms with E-state index in [1.54, 1.807) is 23.9 Å². The quantitative estimate of drug-likeness (QED) is 0.234. The monoisotopic (exact) mass is 602 g/mol. The van der Waals surface area contributed by atoms with Crippen LogP contribution in [-0.4, -0.2) is 57.7 Å². The van der Waals surface area contributed by atoms with E-state index in [-0.39, 0.29) is 42.7 Å². The van der Waals surface area contributed by atoms with Crippen molar-refractivity contribution in [2.24, 2.45) is 5.92 Å². The number of hydrogen-bond donors (Lipinski definition) is 2. The highest BCUT2D eigenvalue weighted by Crippen LogP contribution is 2.40. The van der Waals surface area contributed by atoms with Crippen molar-refractivity contribution in [3.05, 3.63) is 65.9 Å². The third-order valence-corrected chi connectivity index (χ3v) is 7.31. The number of anilines is 1. The molecule has 1 atom stereocenters. The standard InChI is InChI=1S/C31H37F3N4O5/c1-20(2)42-29-26(19-38(36-29)24-13-15-25(16-14-24)43-31(32,33)34)28(21-7-5-4-6-8-21)35-23-11-9-22(10-12-23)30(41)37(3)18-17-27(39)40/h9-16,19-21,28,35H,4-8,17-18H2,1-3H3,(H,39,40). The number of hydrogen-bond acceptors (Lipinski definition) is 6. The Morgan fingerprint density at radius 2 is 1.72 bits per heavy atom. The zero-order valence-electron chi connectivity index (χ0n) is 24.4. The van der Waals surface area contributed by atoms with Crippen LogP contribution in [0.5, 0.6) is 11.6 Å². The van der Waals surface area contributed by atoms with Crippen LogP contribution in [0.25, 0.3) is 5.69 Å². The van der Waals surface area contributed by atoms with Crippen molar-refractivity contribution in [2.45, 2.75) is 70.9 Å². The van der Waals surface area contributed by atoms with Crippen LogP contribution in [0, 0.1) is 5.92 Å². The second-order valence-electron chi connectivity index (χ2n) is 11.0. The van der Waals surface area contributed by atoms with E-state index < -0.39 is 12.3 Å². The summed E-state index contributed by atoms with van der Waals surface area (Å²) in [5.41, 5.74) is 2.61. The number of carbonyl (C=O) groups is 2. The highest BCUT2D eigenvalue weighted by molar-refractivity contribution is 5.94. The van der Waals surface area contributed by atoms with Gasteiger partial charge in [-0.25, -0.2) is 4.68 Å². The largest absolute Gasteiger partial charge is 0.573 e. The summed E-state index contributed by atoms with van der Waals surface area (Å²) < 4.78 is 49.6. The molecule has 1 heterocycles. The Balaban J connectivity index is 1.62. The lowest BCUT2D eigenvalue weighted by atomic mass is 9.81. The molecule has 2 N–H and O–H groups in total. The summed E-state index contributed by atoms with van der Waals surface area (Å²) in [6.45, 7) is 3.91. The molecule has 0 radical (unpaired) electrons. The lowest BCUT2D eigenvalue weighted by Crippen LogP contribution is -2.29. The minimum atomic E-state index is -4.78. The molecule has 1 fully saturated rings. The maximum Gasteiger partial charge on any atom is 0.573 e. The Hall–Kier alpha value is -4.22. The molecule has 1 amide bonds.